The van der Waals surface area contributed by atoms with Gasteiger partial charge < -0.3 is 20.7 Å². The van der Waals surface area contributed by atoms with Gasteiger partial charge in [0, 0.05) is 6.54 Å². The monoisotopic (exact) mass is 324 g/mol. The maximum Gasteiger partial charge on any atom is 0.167 e. The summed E-state index contributed by atoms with van der Waals surface area (Å²) in [7, 11) is 0. The quantitative estimate of drug-likeness (QED) is 0.387. The number of aromatic nitrogens is 4. The molecule has 10 nitrogen and oxygen atoms in total. The van der Waals surface area contributed by atoms with E-state index in [0.29, 0.717) is 17.7 Å². The maximum absolute atomic E-state index is 10.5. The summed E-state index contributed by atoms with van der Waals surface area (Å²) in [5.41, 5.74) is 9.39. The summed E-state index contributed by atoms with van der Waals surface area (Å²) >= 11 is 0. The van der Waals surface area contributed by atoms with Crippen LogP contribution in [0, 0.1) is 0 Å². The molecular formula is C13H20N6O4. The average Bonchev–Trinajstić information content (AvgIpc) is 3.10. The first-order valence-electron chi connectivity index (χ1n) is 7.43. The van der Waals surface area contributed by atoms with E-state index in [0.717, 1.165) is 6.42 Å². The highest BCUT2D eigenvalue weighted by atomic mass is 16.7. The zero-order valence-electron chi connectivity index (χ0n) is 12.7. The van der Waals surface area contributed by atoms with Gasteiger partial charge >= 0.3 is 0 Å². The molecule has 23 heavy (non-hydrogen) atoms. The van der Waals surface area contributed by atoms with Gasteiger partial charge in [-0.25, -0.2) is 20.4 Å². The van der Waals surface area contributed by atoms with Crippen LogP contribution in [0.3, 0.4) is 0 Å². The van der Waals surface area contributed by atoms with E-state index < -0.39 is 24.5 Å². The van der Waals surface area contributed by atoms with Crippen molar-refractivity contribution in [3.8, 4) is 0 Å². The second-order valence-electron chi connectivity index (χ2n) is 5.30. The maximum atomic E-state index is 10.5. The van der Waals surface area contributed by atoms with E-state index in [4.69, 9.17) is 15.3 Å². The van der Waals surface area contributed by atoms with Crippen molar-refractivity contribution in [3.05, 3.63) is 12.7 Å². The molecule has 1 aliphatic rings. The Morgan fingerprint density at radius 1 is 1.43 bits per heavy atom. The number of ether oxygens (including phenoxy) is 1. The van der Waals surface area contributed by atoms with Crippen LogP contribution in [0.15, 0.2) is 12.7 Å². The molecule has 0 aliphatic carbocycles. The summed E-state index contributed by atoms with van der Waals surface area (Å²) in [6.45, 7) is 2.34. The Morgan fingerprint density at radius 2 is 2.26 bits per heavy atom. The highest BCUT2D eigenvalue weighted by molar-refractivity contribution is 5.81. The number of nitrogen functional groups attached to an aromatic ring is 1. The van der Waals surface area contributed by atoms with Crippen LogP contribution < -0.4 is 11.2 Å². The third kappa shape index (κ3) is 2.86. The van der Waals surface area contributed by atoms with Crippen molar-refractivity contribution in [1.82, 2.24) is 25.0 Å². The lowest BCUT2D eigenvalue weighted by atomic mass is 10.1. The molecule has 2 aromatic heterocycles. The zero-order chi connectivity index (χ0) is 16.4. The van der Waals surface area contributed by atoms with Gasteiger partial charge in [0.25, 0.3) is 0 Å². The molecule has 126 valence electrons. The van der Waals surface area contributed by atoms with E-state index in [1.165, 1.54) is 12.7 Å². The predicted octanol–water partition coefficient (Wildman–Crippen LogP) is -1.04. The zero-order valence-corrected chi connectivity index (χ0v) is 12.7. The van der Waals surface area contributed by atoms with E-state index in [1.807, 2.05) is 6.92 Å². The number of nitrogens with one attached hydrogen (secondary N) is 1. The van der Waals surface area contributed by atoms with Crippen LogP contribution in [0.25, 0.3) is 11.2 Å². The van der Waals surface area contributed by atoms with E-state index in [-0.39, 0.29) is 12.4 Å². The number of hydroxylamine groups is 1. The van der Waals surface area contributed by atoms with Crippen LogP contribution in [0.4, 0.5) is 5.82 Å². The van der Waals surface area contributed by atoms with Gasteiger partial charge in [-0.3, -0.25) is 9.40 Å². The first kappa shape index (κ1) is 16.0. The van der Waals surface area contributed by atoms with Crippen molar-refractivity contribution in [2.75, 3.05) is 18.9 Å². The smallest absolute Gasteiger partial charge is 0.167 e. The summed E-state index contributed by atoms with van der Waals surface area (Å²) < 4.78 is 7.27. The molecule has 0 radical (unpaired) electrons. The summed E-state index contributed by atoms with van der Waals surface area (Å²) in [6, 6.07) is 0. The van der Waals surface area contributed by atoms with E-state index in [1.54, 1.807) is 4.57 Å². The number of aliphatic hydroxyl groups excluding tert-OH is 2. The standard InChI is InChI=1S/C13H20N6O4/c1-2-3-18-23-10-7(4-20)22-13(9(10)21)19-6-17-8-11(14)15-5-16-12(8)19/h5-7,9-10,13,18,20-21H,2-4H2,1H3,(H2,14,15,16)/t7-,9-,10-,13-/m1/s1. The van der Waals surface area contributed by atoms with Crippen molar-refractivity contribution in [2.24, 2.45) is 0 Å². The van der Waals surface area contributed by atoms with Crippen LogP contribution >= 0.6 is 0 Å². The van der Waals surface area contributed by atoms with Gasteiger partial charge in [0.1, 0.15) is 30.2 Å². The fourth-order valence-electron chi connectivity index (χ4n) is 2.56. The molecule has 0 aromatic carbocycles. The minimum atomic E-state index is -1.01. The normalized spacial score (nSPS) is 27.8. The minimum Gasteiger partial charge on any atom is -0.394 e. The van der Waals surface area contributed by atoms with Gasteiger partial charge in [-0.05, 0) is 6.42 Å². The average molecular weight is 324 g/mol. The lowest BCUT2D eigenvalue weighted by Gasteiger charge is -2.19. The Labute approximate surface area is 132 Å². The highest BCUT2D eigenvalue weighted by Gasteiger charge is 2.46. The number of aliphatic hydroxyl groups is 2. The largest absolute Gasteiger partial charge is 0.394 e. The number of hydrogen-bond donors (Lipinski definition) is 4. The first-order valence-corrected chi connectivity index (χ1v) is 7.43. The van der Waals surface area contributed by atoms with Crippen LogP contribution in [0.1, 0.15) is 19.6 Å². The molecule has 2 aromatic rings. The van der Waals surface area contributed by atoms with E-state index in [2.05, 4.69) is 20.4 Å². The molecule has 0 unspecified atom stereocenters. The Balaban J connectivity index is 1.86. The van der Waals surface area contributed by atoms with Crippen molar-refractivity contribution in [2.45, 2.75) is 37.9 Å². The topological polar surface area (TPSA) is 141 Å². The fraction of sp³-hybridized carbons (Fsp3) is 0.615. The molecule has 5 N–H and O–H groups in total. The Morgan fingerprint density at radius 3 is 3.00 bits per heavy atom. The molecule has 0 bridgehead atoms. The molecule has 10 heteroatoms. The van der Waals surface area contributed by atoms with E-state index in [9.17, 15) is 10.2 Å². The van der Waals surface area contributed by atoms with Crippen molar-refractivity contribution in [1.29, 1.82) is 0 Å². The van der Waals surface area contributed by atoms with E-state index >= 15 is 0 Å². The second-order valence-corrected chi connectivity index (χ2v) is 5.30. The van der Waals surface area contributed by atoms with Crippen molar-refractivity contribution < 1.29 is 19.8 Å². The van der Waals surface area contributed by atoms with Crippen LogP contribution in [-0.2, 0) is 9.57 Å². The molecular weight excluding hydrogens is 304 g/mol. The Bertz CT molecular complexity index is 665. The number of fused-ring (bicyclic) bond motifs is 1. The summed E-state index contributed by atoms with van der Waals surface area (Å²) in [5, 5.41) is 20.0. The molecule has 3 heterocycles. The third-order valence-corrected chi connectivity index (χ3v) is 3.72. The molecule has 3 rings (SSSR count). The lowest BCUT2D eigenvalue weighted by molar-refractivity contribution is -0.0980. The Hall–Kier alpha value is -1.85. The first-order chi connectivity index (χ1) is 11.2. The van der Waals surface area contributed by atoms with Gasteiger partial charge in [-0.15, -0.1) is 0 Å². The number of nitrogens with zero attached hydrogens (tertiary/aromatic N) is 4. The summed E-state index contributed by atoms with van der Waals surface area (Å²) in [5.74, 6) is 0.248. The predicted molar refractivity (Wildman–Crippen MR) is 79.9 cm³/mol. The molecule has 1 aliphatic heterocycles. The lowest BCUT2D eigenvalue weighted by Crippen LogP contribution is -2.40. The number of anilines is 1. The minimum absolute atomic E-state index is 0.248. The van der Waals surface area contributed by atoms with Gasteiger partial charge in [-0.2, -0.15) is 0 Å². The number of nitrogens with two attached hydrogens (primary N) is 1. The molecule has 1 fully saturated rings. The highest BCUT2D eigenvalue weighted by Crippen LogP contribution is 2.33. The number of hydrogen-bond acceptors (Lipinski definition) is 9. The third-order valence-electron chi connectivity index (χ3n) is 3.72. The van der Waals surface area contributed by atoms with Crippen molar-refractivity contribution in [3.63, 3.8) is 0 Å². The molecule has 1 saturated heterocycles. The van der Waals surface area contributed by atoms with Crippen LogP contribution in [0.2, 0.25) is 0 Å². The summed E-state index contributed by atoms with van der Waals surface area (Å²) in [6.07, 6.45) is 0.477. The molecule has 0 spiro atoms. The SMILES string of the molecule is CCCNO[C@H]1[C@@H](O)[C@H](n2cnc3c(N)ncnc32)O[C@@H]1CO. The summed E-state index contributed by atoms with van der Waals surface area (Å²) in [4.78, 5) is 17.6. The second kappa shape index (κ2) is 6.72. The van der Waals surface area contributed by atoms with Crippen LogP contribution in [-0.4, -0.2) is 61.2 Å². The van der Waals surface area contributed by atoms with Gasteiger partial charge in [0.15, 0.2) is 17.7 Å². The number of rotatable bonds is 6. The molecule has 0 saturated carbocycles. The molecule has 4 atom stereocenters. The van der Waals surface area contributed by atoms with Gasteiger partial charge in [0.05, 0.1) is 12.9 Å². The Kier molecular flexibility index (Phi) is 4.68. The molecule has 0 amide bonds. The van der Waals surface area contributed by atoms with Crippen molar-refractivity contribution >= 4 is 17.0 Å². The van der Waals surface area contributed by atoms with Crippen LogP contribution in [0.5, 0.6) is 0 Å². The van der Waals surface area contributed by atoms with Gasteiger partial charge in [-0.1, -0.05) is 6.92 Å². The fourth-order valence-corrected chi connectivity index (χ4v) is 2.56. The van der Waals surface area contributed by atoms with Gasteiger partial charge in [0.2, 0.25) is 0 Å². The number of imidazole rings is 1.